The molecule has 0 unspecified atom stereocenters. The molecule has 0 aromatic heterocycles. The number of aryl methyl sites for hydroxylation is 1. The van der Waals surface area contributed by atoms with Crippen LogP contribution in [0.1, 0.15) is 30.9 Å². The van der Waals surface area contributed by atoms with E-state index in [1.807, 2.05) is 11.8 Å². The number of hydrogen-bond acceptors (Lipinski definition) is 3. The number of Topliss-reactive ketones (excluding diaryl/α,β-unsaturated/α-hetero) is 1. The van der Waals surface area contributed by atoms with Crippen molar-refractivity contribution in [1.82, 2.24) is 4.90 Å². The van der Waals surface area contributed by atoms with E-state index in [1.54, 1.807) is 6.92 Å². The molecule has 1 aliphatic heterocycles. The molecule has 0 fully saturated rings. The molecule has 2 rings (SSSR count). The third-order valence-electron chi connectivity index (χ3n) is 3.27. The van der Waals surface area contributed by atoms with Crippen molar-refractivity contribution in [2.45, 2.75) is 37.6 Å². The fourth-order valence-electron chi connectivity index (χ4n) is 2.25. The lowest BCUT2D eigenvalue weighted by atomic mass is 10.1. The van der Waals surface area contributed by atoms with Gasteiger partial charge in [-0.2, -0.15) is 0 Å². The number of hydrogen-bond donors (Lipinski definition) is 0. The van der Waals surface area contributed by atoms with Crippen molar-refractivity contribution in [3.63, 3.8) is 0 Å². The van der Waals surface area contributed by atoms with Gasteiger partial charge in [-0.1, -0.05) is 12.1 Å². The van der Waals surface area contributed by atoms with E-state index in [2.05, 4.69) is 30.1 Å². The van der Waals surface area contributed by atoms with E-state index in [4.69, 9.17) is 0 Å². The van der Waals surface area contributed by atoms with Crippen LogP contribution in [-0.2, 0) is 17.8 Å². The predicted octanol–water partition coefficient (Wildman–Crippen LogP) is 3.14. The van der Waals surface area contributed by atoms with Crippen LogP contribution in [0.25, 0.3) is 0 Å². The van der Waals surface area contributed by atoms with Crippen LogP contribution in [0.4, 0.5) is 0 Å². The molecule has 0 radical (unpaired) electrons. The van der Waals surface area contributed by atoms with Gasteiger partial charge in [0.25, 0.3) is 0 Å². The molecule has 0 saturated heterocycles. The maximum Gasteiger partial charge on any atom is 0.131 e. The summed E-state index contributed by atoms with van der Waals surface area (Å²) in [5.74, 6) is 1.52. The molecule has 0 spiro atoms. The summed E-state index contributed by atoms with van der Waals surface area (Å²) in [5, 5.41) is 0. The third-order valence-corrected chi connectivity index (χ3v) is 4.47. The number of carbonyl (C=O) groups excluding carboxylic acids is 1. The quantitative estimate of drug-likeness (QED) is 0.814. The zero-order valence-corrected chi connectivity index (χ0v) is 12.1. The highest BCUT2D eigenvalue weighted by Crippen LogP contribution is 2.30. The normalized spacial score (nSPS) is 14.6. The Morgan fingerprint density at radius 2 is 2.28 bits per heavy atom. The van der Waals surface area contributed by atoms with Gasteiger partial charge in [-0.05, 0) is 49.8 Å². The first-order valence-electron chi connectivity index (χ1n) is 6.58. The first-order valence-corrected chi connectivity index (χ1v) is 7.56. The Labute approximate surface area is 114 Å². The minimum absolute atomic E-state index is 0.267. The molecular formula is C15H21NOS. The highest BCUT2D eigenvalue weighted by Gasteiger charge is 2.10. The average Bonchev–Trinajstić information content (AvgIpc) is 2.36. The zero-order chi connectivity index (χ0) is 13.0. The Morgan fingerprint density at radius 1 is 1.44 bits per heavy atom. The number of fused-ring (bicyclic) bond motifs is 1. The number of benzene rings is 1. The Morgan fingerprint density at radius 3 is 3.06 bits per heavy atom. The Balaban J connectivity index is 1.95. The smallest absolute Gasteiger partial charge is 0.131 e. The van der Waals surface area contributed by atoms with Gasteiger partial charge < -0.3 is 4.90 Å². The van der Waals surface area contributed by atoms with Crippen LogP contribution in [0.15, 0.2) is 23.1 Å². The number of ketones is 1. The van der Waals surface area contributed by atoms with Crippen LogP contribution in [0.3, 0.4) is 0 Å². The minimum Gasteiger partial charge on any atom is -0.302 e. The van der Waals surface area contributed by atoms with Gasteiger partial charge in [-0.3, -0.25) is 4.79 Å². The van der Waals surface area contributed by atoms with Gasteiger partial charge in [-0.15, -0.1) is 11.8 Å². The lowest BCUT2D eigenvalue weighted by molar-refractivity contribution is -0.117. The van der Waals surface area contributed by atoms with Crippen LogP contribution in [0, 0.1) is 0 Å². The van der Waals surface area contributed by atoms with E-state index in [9.17, 15) is 4.79 Å². The molecule has 1 aromatic carbocycles. The third kappa shape index (κ3) is 3.85. The lowest BCUT2D eigenvalue weighted by Crippen LogP contribution is -2.21. The Hall–Kier alpha value is -0.800. The number of nitrogens with zero attached hydrogens (tertiary/aromatic N) is 1. The summed E-state index contributed by atoms with van der Waals surface area (Å²) in [5.41, 5.74) is 2.87. The van der Waals surface area contributed by atoms with Gasteiger partial charge in [0, 0.05) is 24.4 Å². The van der Waals surface area contributed by atoms with Gasteiger partial charge in [0.1, 0.15) is 5.78 Å². The second kappa shape index (κ2) is 6.39. The van der Waals surface area contributed by atoms with E-state index >= 15 is 0 Å². The molecule has 3 heteroatoms. The van der Waals surface area contributed by atoms with Gasteiger partial charge in [0.15, 0.2) is 0 Å². The number of thioether (sulfide) groups is 1. The van der Waals surface area contributed by atoms with Gasteiger partial charge in [0.2, 0.25) is 0 Å². The molecule has 0 N–H and O–H groups in total. The molecule has 0 bridgehead atoms. The lowest BCUT2D eigenvalue weighted by Gasteiger charge is -2.19. The summed E-state index contributed by atoms with van der Waals surface area (Å²) in [6.07, 6.45) is 3.16. The van der Waals surface area contributed by atoms with Crippen LogP contribution in [0.2, 0.25) is 0 Å². The highest BCUT2D eigenvalue weighted by atomic mass is 32.2. The molecule has 0 amide bonds. The summed E-state index contributed by atoms with van der Waals surface area (Å²) in [4.78, 5) is 14.6. The largest absolute Gasteiger partial charge is 0.302 e. The zero-order valence-electron chi connectivity index (χ0n) is 11.2. The first kappa shape index (κ1) is 13.6. The number of rotatable bonds is 5. The standard InChI is InChI=1S/C15H21NOS/c1-12(17)7-8-16(2)11-13-5-6-15-14(10-13)4-3-9-18-15/h5-6,10H,3-4,7-9,11H2,1-2H3. The van der Waals surface area contributed by atoms with E-state index in [0.717, 1.165) is 13.1 Å². The van der Waals surface area contributed by atoms with E-state index in [0.29, 0.717) is 6.42 Å². The van der Waals surface area contributed by atoms with Crippen molar-refractivity contribution in [2.75, 3.05) is 19.3 Å². The Bertz CT molecular complexity index is 431. The average molecular weight is 263 g/mol. The molecule has 18 heavy (non-hydrogen) atoms. The van der Waals surface area contributed by atoms with Crippen molar-refractivity contribution in [1.29, 1.82) is 0 Å². The van der Waals surface area contributed by atoms with Crippen molar-refractivity contribution in [3.05, 3.63) is 29.3 Å². The van der Waals surface area contributed by atoms with Gasteiger partial charge in [-0.25, -0.2) is 0 Å². The maximum absolute atomic E-state index is 11.0. The number of carbonyl (C=O) groups is 1. The maximum atomic E-state index is 11.0. The van der Waals surface area contributed by atoms with Crippen molar-refractivity contribution < 1.29 is 4.79 Å². The molecule has 0 saturated carbocycles. The Kier molecular flexibility index (Phi) is 4.84. The van der Waals surface area contributed by atoms with Crippen molar-refractivity contribution in [2.24, 2.45) is 0 Å². The minimum atomic E-state index is 0.267. The summed E-state index contributed by atoms with van der Waals surface area (Å²) >= 11 is 1.97. The SMILES string of the molecule is CC(=O)CCN(C)Cc1ccc2c(c1)CCCS2. The molecule has 98 valence electrons. The topological polar surface area (TPSA) is 20.3 Å². The summed E-state index contributed by atoms with van der Waals surface area (Å²) in [7, 11) is 2.08. The second-order valence-corrected chi connectivity index (χ2v) is 6.22. The molecule has 1 aromatic rings. The van der Waals surface area contributed by atoms with Crippen LogP contribution in [0.5, 0.6) is 0 Å². The molecule has 2 nitrogen and oxygen atoms in total. The molecular weight excluding hydrogens is 242 g/mol. The van der Waals surface area contributed by atoms with E-state index < -0.39 is 0 Å². The van der Waals surface area contributed by atoms with Crippen LogP contribution >= 0.6 is 11.8 Å². The highest BCUT2D eigenvalue weighted by molar-refractivity contribution is 7.99. The summed E-state index contributed by atoms with van der Waals surface area (Å²) in [6.45, 7) is 3.44. The summed E-state index contributed by atoms with van der Waals surface area (Å²) < 4.78 is 0. The van der Waals surface area contributed by atoms with E-state index in [-0.39, 0.29) is 5.78 Å². The van der Waals surface area contributed by atoms with Crippen LogP contribution < -0.4 is 0 Å². The van der Waals surface area contributed by atoms with Gasteiger partial charge >= 0.3 is 0 Å². The fraction of sp³-hybridized carbons (Fsp3) is 0.533. The van der Waals surface area contributed by atoms with Crippen molar-refractivity contribution >= 4 is 17.5 Å². The van der Waals surface area contributed by atoms with Crippen LogP contribution in [-0.4, -0.2) is 30.0 Å². The molecule has 1 aliphatic rings. The monoisotopic (exact) mass is 263 g/mol. The van der Waals surface area contributed by atoms with Crippen molar-refractivity contribution in [3.8, 4) is 0 Å². The van der Waals surface area contributed by atoms with Gasteiger partial charge in [0.05, 0.1) is 0 Å². The molecule has 1 heterocycles. The molecule has 0 aliphatic carbocycles. The summed E-state index contributed by atoms with van der Waals surface area (Å²) in [6, 6.07) is 6.82. The molecule has 0 atom stereocenters. The first-order chi connectivity index (χ1) is 8.65. The van der Waals surface area contributed by atoms with E-state index in [1.165, 1.54) is 34.6 Å². The second-order valence-electron chi connectivity index (χ2n) is 5.08. The predicted molar refractivity (Wildman–Crippen MR) is 77.1 cm³/mol. The fourth-order valence-corrected chi connectivity index (χ4v) is 3.27.